The molecule has 1 aliphatic carbocycles. The molecule has 1 rings (SSSR count). The number of aliphatic hydroxyl groups is 1. The summed E-state index contributed by atoms with van der Waals surface area (Å²) in [6, 6.07) is -0.0336. The molecule has 0 aromatic carbocycles. The summed E-state index contributed by atoms with van der Waals surface area (Å²) in [6.45, 7) is 2.08. The Morgan fingerprint density at radius 2 is 2.50 bits per heavy atom. The Hall–Kier alpha value is -0.540. The maximum absolute atomic E-state index is 9.26. The minimum atomic E-state index is -0.0336. The van der Waals surface area contributed by atoms with Crippen molar-refractivity contribution in [2.75, 3.05) is 0 Å². The van der Waals surface area contributed by atoms with E-state index in [1.165, 1.54) is 0 Å². The summed E-state index contributed by atoms with van der Waals surface area (Å²) in [5.74, 6) is 6.06. The van der Waals surface area contributed by atoms with Gasteiger partial charge in [0, 0.05) is 0 Å². The third-order valence-corrected chi connectivity index (χ3v) is 2.04. The predicted octanol–water partition coefficient (Wildman–Crippen LogP) is 0.690. The fraction of sp³-hybridized carbons (Fsp3) is 0.714. The number of rotatable bonds is 1. The van der Waals surface area contributed by atoms with Crippen LogP contribution in [0.15, 0.2) is 11.8 Å². The molecule has 0 spiro atoms. The summed E-state index contributed by atoms with van der Waals surface area (Å²) < 4.78 is 0. The Morgan fingerprint density at radius 1 is 1.80 bits per heavy atom. The van der Waals surface area contributed by atoms with E-state index in [2.05, 4.69) is 12.3 Å². The number of hydrazine groups is 1. The Morgan fingerprint density at radius 3 is 2.90 bits per heavy atom. The molecule has 0 amide bonds. The molecule has 10 heavy (non-hydrogen) atoms. The van der Waals surface area contributed by atoms with Crippen LogP contribution in [0, 0.1) is 5.92 Å². The van der Waals surface area contributed by atoms with Crippen LogP contribution in [0.4, 0.5) is 0 Å². The first-order chi connectivity index (χ1) is 4.75. The van der Waals surface area contributed by atoms with E-state index in [1.54, 1.807) is 0 Å². The maximum Gasteiger partial charge on any atom is 0.107 e. The molecule has 3 nitrogen and oxygen atoms in total. The summed E-state index contributed by atoms with van der Waals surface area (Å²) >= 11 is 0. The molecule has 0 radical (unpaired) electrons. The second kappa shape index (κ2) is 3.03. The van der Waals surface area contributed by atoms with Gasteiger partial charge in [0.05, 0.1) is 6.04 Å². The number of nitrogens with two attached hydrogens (primary N) is 1. The first kappa shape index (κ1) is 7.57. The Labute approximate surface area is 60.9 Å². The Bertz CT molecular complexity index is 145. The Balaban J connectivity index is 2.63. The number of nitrogens with one attached hydrogen (secondary N) is 1. The summed E-state index contributed by atoms with van der Waals surface area (Å²) in [5.41, 5.74) is 2.59. The third kappa shape index (κ3) is 1.30. The lowest BCUT2D eigenvalue weighted by Crippen LogP contribution is -2.42. The molecule has 0 heterocycles. The summed E-state index contributed by atoms with van der Waals surface area (Å²) in [4.78, 5) is 0. The van der Waals surface area contributed by atoms with Gasteiger partial charge in [-0.2, -0.15) is 0 Å². The van der Waals surface area contributed by atoms with Gasteiger partial charge < -0.3 is 5.11 Å². The molecule has 0 fully saturated rings. The summed E-state index contributed by atoms with van der Waals surface area (Å²) in [5, 5.41) is 9.26. The van der Waals surface area contributed by atoms with Crippen LogP contribution in [-0.4, -0.2) is 11.1 Å². The van der Waals surface area contributed by atoms with Crippen LogP contribution in [0.1, 0.15) is 19.8 Å². The topological polar surface area (TPSA) is 58.3 Å². The largest absolute Gasteiger partial charge is 0.511 e. The van der Waals surface area contributed by atoms with Crippen molar-refractivity contribution in [1.82, 2.24) is 5.43 Å². The van der Waals surface area contributed by atoms with Crippen molar-refractivity contribution in [3.63, 3.8) is 0 Å². The molecular formula is C7H14N2O. The van der Waals surface area contributed by atoms with Crippen molar-refractivity contribution in [2.24, 2.45) is 11.8 Å². The van der Waals surface area contributed by atoms with E-state index in [0.717, 1.165) is 12.8 Å². The van der Waals surface area contributed by atoms with E-state index in [-0.39, 0.29) is 6.04 Å². The Kier molecular flexibility index (Phi) is 2.29. The molecule has 1 unspecified atom stereocenters. The van der Waals surface area contributed by atoms with Crippen LogP contribution in [0.2, 0.25) is 0 Å². The van der Waals surface area contributed by atoms with Crippen molar-refractivity contribution >= 4 is 0 Å². The monoisotopic (exact) mass is 142 g/mol. The fourth-order valence-electron chi connectivity index (χ4n) is 1.33. The van der Waals surface area contributed by atoms with Crippen LogP contribution in [0.3, 0.4) is 0 Å². The summed E-state index contributed by atoms with van der Waals surface area (Å²) in [6.07, 6.45) is 3.88. The number of aliphatic hydroxyl groups excluding tert-OH is 1. The molecule has 4 N–H and O–H groups in total. The van der Waals surface area contributed by atoms with Crippen molar-refractivity contribution < 1.29 is 5.11 Å². The second-order valence-corrected chi connectivity index (χ2v) is 2.83. The van der Waals surface area contributed by atoms with E-state index in [1.807, 2.05) is 6.08 Å². The van der Waals surface area contributed by atoms with Crippen molar-refractivity contribution in [2.45, 2.75) is 25.8 Å². The minimum Gasteiger partial charge on any atom is -0.511 e. The molecule has 0 bridgehead atoms. The SMILES string of the molecule is C[C@@H]1CCC=C(O)C1NN. The first-order valence-electron chi connectivity index (χ1n) is 3.61. The van der Waals surface area contributed by atoms with Crippen LogP contribution in [-0.2, 0) is 0 Å². The van der Waals surface area contributed by atoms with Gasteiger partial charge in [-0.05, 0) is 24.8 Å². The maximum atomic E-state index is 9.26. The van der Waals surface area contributed by atoms with E-state index in [9.17, 15) is 5.11 Å². The van der Waals surface area contributed by atoms with Gasteiger partial charge in [-0.25, -0.2) is 5.43 Å². The molecule has 2 atom stereocenters. The van der Waals surface area contributed by atoms with Gasteiger partial charge in [0.2, 0.25) is 0 Å². The predicted molar refractivity (Wildman–Crippen MR) is 40.2 cm³/mol. The number of hydrogen-bond acceptors (Lipinski definition) is 3. The van der Waals surface area contributed by atoms with Gasteiger partial charge in [0.1, 0.15) is 5.76 Å². The van der Waals surface area contributed by atoms with E-state index in [4.69, 9.17) is 5.84 Å². The zero-order chi connectivity index (χ0) is 7.56. The van der Waals surface area contributed by atoms with Gasteiger partial charge in [-0.15, -0.1) is 0 Å². The molecule has 0 aromatic heterocycles. The van der Waals surface area contributed by atoms with Crippen LogP contribution >= 0.6 is 0 Å². The molecule has 58 valence electrons. The second-order valence-electron chi connectivity index (χ2n) is 2.83. The molecule has 1 aliphatic rings. The number of hydrogen-bond donors (Lipinski definition) is 3. The standard InChI is InChI=1S/C7H14N2O/c1-5-3-2-4-6(10)7(5)9-8/h4-5,7,9-10H,2-3,8H2,1H3/t5-,7?/m1/s1. The van der Waals surface area contributed by atoms with E-state index in [0.29, 0.717) is 11.7 Å². The molecular weight excluding hydrogens is 128 g/mol. The fourth-order valence-corrected chi connectivity index (χ4v) is 1.33. The van der Waals surface area contributed by atoms with Crippen LogP contribution < -0.4 is 11.3 Å². The molecule has 0 aliphatic heterocycles. The lowest BCUT2D eigenvalue weighted by Gasteiger charge is -2.25. The van der Waals surface area contributed by atoms with Crippen molar-refractivity contribution in [3.8, 4) is 0 Å². The van der Waals surface area contributed by atoms with Gasteiger partial charge >= 0.3 is 0 Å². The average molecular weight is 142 g/mol. The minimum absolute atomic E-state index is 0.0336. The molecule has 3 heteroatoms. The van der Waals surface area contributed by atoms with Gasteiger partial charge in [-0.1, -0.05) is 6.92 Å². The summed E-state index contributed by atoms with van der Waals surface area (Å²) in [7, 11) is 0. The zero-order valence-corrected chi connectivity index (χ0v) is 6.17. The number of allylic oxidation sites excluding steroid dienone is 1. The quantitative estimate of drug-likeness (QED) is 0.373. The highest BCUT2D eigenvalue weighted by Gasteiger charge is 2.22. The zero-order valence-electron chi connectivity index (χ0n) is 6.17. The normalized spacial score (nSPS) is 33.6. The third-order valence-electron chi connectivity index (χ3n) is 2.04. The van der Waals surface area contributed by atoms with Crippen molar-refractivity contribution in [1.29, 1.82) is 0 Å². The lowest BCUT2D eigenvalue weighted by molar-refractivity contribution is 0.265. The van der Waals surface area contributed by atoms with Gasteiger partial charge in [-0.3, -0.25) is 5.84 Å². The van der Waals surface area contributed by atoms with Crippen molar-refractivity contribution in [3.05, 3.63) is 11.8 Å². The van der Waals surface area contributed by atoms with Crippen LogP contribution in [0.25, 0.3) is 0 Å². The molecule has 0 saturated carbocycles. The van der Waals surface area contributed by atoms with E-state index >= 15 is 0 Å². The average Bonchev–Trinajstić information content (AvgIpc) is 1.88. The van der Waals surface area contributed by atoms with Gasteiger partial charge in [0.15, 0.2) is 0 Å². The molecule has 0 saturated heterocycles. The van der Waals surface area contributed by atoms with E-state index < -0.39 is 0 Å². The lowest BCUT2D eigenvalue weighted by atomic mass is 9.90. The smallest absolute Gasteiger partial charge is 0.107 e. The van der Waals surface area contributed by atoms with Crippen LogP contribution in [0.5, 0.6) is 0 Å². The molecule has 0 aromatic rings. The first-order valence-corrected chi connectivity index (χ1v) is 3.61. The highest BCUT2D eigenvalue weighted by atomic mass is 16.3. The highest BCUT2D eigenvalue weighted by molar-refractivity contribution is 5.06. The highest BCUT2D eigenvalue weighted by Crippen LogP contribution is 2.21. The van der Waals surface area contributed by atoms with Gasteiger partial charge in [0.25, 0.3) is 0 Å².